The first-order valence-electron chi connectivity index (χ1n) is 5.27. The van der Waals surface area contributed by atoms with E-state index in [9.17, 15) is 4.79 Å². The fraction of sp³-hybridized carbons (Fsp3) is 0.250. The summed E-state index contributed by atoms with van der Waals surface area (Å²) in [6.45, 7) is 4.00. The first kappa shape index (κ1) is 12.9. The minimum Gasteiger partial charge on any atom is -0.464 e. The monoisotopic (exact) mass is 234 g/mol. The molecule has 5 heteroatoms. The molecule has 5 nitrogen and oxygen atoms in total. The molecule has 0 aliphatic carbocycles. The van der Waals surface area contributed by atoms with E-state index in [1.165, 1.54) is 13.2 Å². The Labute approximate surface area is 99.4 Å². The number of carbonyl (C=O) groups is 1. The minimum absolute atomic E-state index is 0.137. The van der Waals surface area contributed by atoms with Gasteiger partial charge in [-0.25, -0.2) is 4.79 Å². The average molecular weight is 234 g/mol. The SMILES string of the molecule is CC.COC(=O)c1cc(-c2ccccn2)on1. The Kier molecular flexibility index (Phi) is 4.87. The zero-order chi connectivity index (χ0) is 12.7. The van der Waals surface area contributed by atoms with Crippen LogP contribution in [0.2, 0.25) is 0 Å². The van der Waals surface area contributed by atoms with E-state index in [4.69, 9.17) is 4.52 Å². The third-order valence-electron chi connectivity index (χ3n) is 1.82. The summed E-state index contributed by atoms with van der Waals surface area (Å²) in [6, 6.07) is 6.87. The standard InChI is InChI=1S/C10H8N2O3.C2H6/c1-14-10(13)8-6-9(15-12-8)7-4-2-3-5-11-7;1-2/h2-6H,1H3;1-2H3. The fourth-order valence-corrected chi connectivity index (χ4v) is 1.11. The molecular formula is C12H14N2O3. The molecule has 0 N–H and O–H groups in total. The van der Waals surface area contributed by atoms with Gasteiger partial charge in [-0.1, -0.05) is 25.1 Å². The number of pyridine rings is 1. The number of esters is 1. The Morgan fingerprint density at radius 1 is 1.35 bits per heavy atom. The Hall–Kier alpha value is -2.17. The number of carbonyl (C=O) groups excluding carboxylic acids is 1. The van der Waals surface area contributed by atoms with Crippen molar-refractivity contribution in [1.29, 1.82) is 0 Å². The lowest BCUT2D eigenvalue weighted by atomic mass is 10.2. The summed E-state index contributed by atoms with van der Waals surface area (Å²) in [5.41, 5.74) is 0.762. The summed E-state index contributed by atoms with van der Waals surface area (Å²) in [6.07, 6.45) is 1.63. The summed E-state index contributed by atoms with van der Waals surface area (Å²) in [5.74, 6) is -0.0862. The lowest BCUT2D eigenvalue weighted by Gasteiger charge is -1.90. The molecule has 0 spiro atoms. The van der Waals surface area contributed by atoms with Gasteiger partial charge in [-0.05, 0) is 12.1 Å². The minimum atomic E-state index is -0.527. The smallest absolute Gasteiger partial charge is 0.360 e. The molecule has 2 aromatic heterocycles. The van der Waals surface area contributed by atoms with E-state index >= 15 is 0 Å². The summed E-state index contributed by atoms with van der Waals surface area (Å²) in [4.78, 5) is 15.2. The molecule has 0 amide bonds. The van der Waals surface area contributed by atoms with Crippen molar-refractivity contribution < 1.29 is 14.1 Å². The molecule has 0 aromatic carbocycles. The van der Waals surface area contributed by atoms with Crippen LogP contribution in [0.3, 0.4) is 0 Å². The zero-order valence-electron chi connectivity index (χ0n) is 10.0. The zero-order valence-corrected chi connectivity index (χ0v) is 10.0. The number of rotatable bonds is 2. The van der Waals surface area contributed by atoms with Crippen LogP contribution in [0.4, 0.5) is 0 Å². The van der Waals surface area contributed by atoms with Crippen molar-refractivity contribution in [1.82, 2.24) is 10.1 Å². The number of ether oxygens (including phenoxy) is 1. The maximum atomic E-state index is 11.1. The lowest BCUT2D eigenvalue weighted by molar-refractivity contribution is 0.0589. The second-order valence-electron chi connectivity index (χ2n) is 2.78. The second kappa shape index (κ2) is 6.42. The van der Waals surface area contributed by atoms with Gasteiger partial charge in [0, 0.05) is 12.3 Å². The van der Waals surface area contributed by atoms with E-state index in [1.807, 2.05) is 19.9 Å². The van der Waals surface area contributed by atoms with Gasteiger partial charge < -0.3 is 9.26 Å². The number of methoxy groups -OCH3 is 1. The van der Waals surface area contributed by atoms with E-state index < -0.39 is 5.97 Å². The highest BCUT2D eigenvalue weighted by Crippen LogP contribution is 2.17. The Bertz CT molecular complexity index is 466. The molecule has 0 fully saturated rings. The highest BCUT2D eigenvalue weighted by Gasteiger charge is 2.13. The first-order valence-corrected chi connectivity index (χ1v) is 5.27. The molecule has 0 saturated heterocycles. The number of aromatic nitrogens is 2. The van der Waals surface area contributed by atoms with E-state index in [2.05, 4.69) is 14.9 Å². The van der Waals surface area contributed by atoms with Crippen LogP contribution in [0.1, 0.15) is 24.3 Å². The summed E-state index contributed by atoms with van der Waals surface area (Å²) in [7, 11) is 1.29. The van der Waals surface area contributed by atoms with Gasteiger partial charge in [-0.2, -0.15) is 0 Å². The predicted octanol–water partition coefficient (Wildman–Crippen LogP) is 2.55. The quantitative estimate of drug-likeness (QED) is 0.747. The third-order valence-corrected chi connectivity index (χ3v) is 1.82. The van der Waals surface area contributed by atoms with Crippen molar-refractivity contribution in [2.75, 3.05) is 7.11 Å². The van der Waals surface area contributed by atoms with Gasteiger partial charge in [-0.3, -0.25) is 4.98 Å². The first-order chi connectivity index (χ1) is 8.31. The summed E-state index contributed by atoms with van der Waals surface area (Å²) < 4.78 is 9.46. The third kappa shape index (κ3) is 3.14. The topological polar surface area (TPSA) is 65.2 Å². The van der Waals surface area contributed by atoms with Crippen LogP contribution in [-0.4, -0.2) is 23.2 Å². The van der Waals surface area contributed by atoms with Crippen LogP contribution in [-0.2, 0) is 4.74 Å². The van der Waals surface area contributed by atoms with E-state index in [1.54, 1.807) is 18.3 Å². The van der Waals surface area contributed by atoms with E-state index in [0.29, 0.717) is 11.5 Å². The van der Waals surface area contributed by atoms with E-state index in [-0.39, 0.29) is 5.69 Å². The van der Waals surface area contributed by atoms with Gasteiger partial charge in [0.25, 0.3) is 0 Å². The maximum Gasteiger partial charge on any atom is 0.360 e. The van der Waals surface area contributed by atoms with Gasteiger partial charge in [0.05, 0.1) is 7.11 Å². The molecule has 0 atom stereocenters. The summed E-state index contributed by atoms with van der Waals surface area (Å²) in [5, 5.41) is 3.57. The molecule has 17 heavy (non-hydrogen) atoms. The molecule has 90 valence electrons. The Morgan fingerprint density at radius 2 is 2.12 bits per heavy atom. The molecule has 0 saturated carbocycles. The number of hydrogen-bond acceptors (Lipinski definition) is 5. The fourth-order valence-electron chi connectivity index (χ4n) is 1.11. The van der Waals surface area contributed by atoms with Crippen LogP contribution in [0.5, 0.6) is 0 Å². The molecule has 0 radical (unpaired) electrons. The largest absolute Gasteiger partial charge is 0.464 e. The van der Waals surface area contributed by atoms with Crippen molar-refractivity contribution in [2.24, 2.45) is 0 Å². The summed E-state index contributed by atoms with van der Waals surface area (Å²) >= 11 is 0. The van der Waals surface area contributed by atoms with Crippen LogP contribution in [0.25, 0.3) is 11.5 Å². The highest BCUT2D eigenvalue weighted by atomic mass is 16.5. The van der Waals surface area contributed by atoms with Gasteiger partial charge in [-0.15, -0.1) is 0 Å². The molecule has 2 aromatic rings. The van der Waals surface area contributed by atoms with Crippen LogP contribution < -0.4 is 0 Å². The van der Waals surface area contributed by atoms with Crippen molar-refractivity contribution in [3.05, 3.63) is 36.2 Å². The molecular weight excluding hydrogens is 220 g/mol. The number of hydrogen-bond donors (Lipinski definition) is 0. The van der Waals surface area contributed by atoms with Crippen LogP contribution in [0, 0.1) is 0 Å². The van der Waals surface area contributed by atoms with Gasteiger partial charge in [0.1, 0.15) is 5.69 Å². The van der Waals surface area contributed by atoms with Crippen molar-refractivity contribution in [3.8, 4) is 11.5 Å². The lowest BCUT2D eigenvalue weighted by Crippen LogP contribution is -2.00. The van der Waals surface area contributed by atoms with Gasteiger partial charge in [0.2, 0.25) is 0 Å². The molecule has 0 aliphatic heterocycles. The normalized spacial score (nSPS) is 9.12. The van der Waals surface area contributed by atoms with Crippen molar-refractivity contribution in [3.63, 3.8) is 0 Å². The highest BCUT2D eigenvalue weighted by molar-refractivity contribution is 5.87. The van der Waals surface area contributed by atoms with Gasteiger partial charge in [0.15, 0.2) is 11.5 Å². The van der Waals surface area contributed by atoms with Crippen molar-refractivity contribution in [2.45, 2.75) is 13.8 Å². The van der Waals surface area contributed by atoms with Crippen LogP contribution in [0.15, 0.2) is 35.0 Å². The average Bonchev–Trinajstić information content (AvgIpc) is 2.91. The number of nitrogens with zero attached hydrogens (tertiary/aromatic N) is 2. The molecule has 0 bridgehead atoms. The second-order valence-corrected chi connectivity index (χ2v) is 2.78. The predicted molar refractivity (Wildman–Crippen MR) is 62.4 cm³/mol. The van der Waals surface area contributed by atoms with E-state index in [0.717, 1.165) is 0 Å². The molecule has 2 heterocycles. The molecule has 0 unspecified atom stereocenters. The Balaban J connectivity index is 0.000000686. The van der Waals surface area contributed by atoms with Crippen molar-refractivity contribution >= 4 is 5.97 Å². The van der Waals surface area contributed by atoms with Gasteiger partial charge >= 0.3 is 5.97 Å². The maximum absolute atomic E-state index is 11.1. The Morgan fingerprint density at radius 3 is 2.71 bits per heavy atom. The molecule has 2 rings (SSSR count). The van der Waals surface area contributed by atoms with Crippen LogP contribution >= 0.6 is 0 Å². The molecule has 0 aliphatic rings.